The molecule has 1 N–H and O–H groups in total. The van der Waals surface area contributed by atoms with Crippen molar-refractivity contribution in [1.82, 2.24) is 0 Å². The zero-order chi connectivity index (χ0) is 15.0. The fourth-order valence-electron chi connectivity index (χ4n) is 2.40. The summed E-state index contributed by atoms with van der Waals surface area (Å²) in [5, 5.41) is 10.8. The lowest BCUT2D eigenvalue weighted by molar-refractivity contribution is 0.170. The Labute approximate surface area is 126 Å². The molecule has 1 atom stereocenters. The Balaban J connectivity index is 2.01. The SMILES string of the molecule is Cc1cc(F)cc(C(O)c2cc(Cl)c3c(c2)OCCO3)c1. The molecule has 0 bridgehead atoms. The second kappa shape index (κ2) is 5.54. The third kappa shape index (κ3) is 2.82. The Kier molecular flexibility index (Phi) is 3.74. The van der Waals surface area contributed by atoms with Crippen molar-refractivity contribution in [2.24, 2.45) is 0 Å². The summed E-state index contributed by atoms with van der Waals surface area (Å²) in [7, 11) is 0. The summed E-state index contributed by atoms with van der Waals surface area (Å²) >= 11 is 6.15. The van der Waals surface area contributed by atoms with Crippen LogP contribution in [0, 0.1) is 12.7 Å². The van der Waals surface area contributed by atoms with E-state index in [0.29, 0.717) is 40.9 Å². The highest BCUT2D eigenvalue weighted by Crippen LogP contribution is 2.40. The van der Waals surface area contributed by atoms with Gasteiger partial charge in [0.05, 0.1) is 5.02 Å². The van der Waals surface area contributed by atoms with Crippen LogP contribution in [-0.4, -0.2) is 18.3 Å². The molecule has 0 fully saturated rings. The average Bonchev–Trinajstić information content (AvgIpc) is 2.45. The number of benzene rings is 2. The summed E-state index contributed by atoms with van der Waals surface area (Å²) in [5.74, 6) is 0.595. The molecule has 2 aromatic carbocycles. The summed E-state index contributed by atoms with van der Waals surface area (Å²) < 4.78 is 24.4. The van der Waals surface area contributed by atoms with Gasteiger partial charge < -0.3 is 14.6 Å². The van der Waals surface area contributed by atoms with Crippen LogP contribution in [0.15, 0.2) is 30.3 Å². The summed E-state index contributed by atoms with van der Waals surface area (Å²) in [6.45, 7) is 2.65. The van der Waals surface area contributed by atoms with Crippen LogP contribution in [0.1, 0.15) is 22.8 Å². The van der Waals surface area contributed by atoms with E-state index in [1.165, 1.54) is 12.1 Å². The molecule has 0 radical (unpaired) electrons. The summed E-state index contributed by atoms with van der Waals surface area (Å²) in [6.07, 6.45) is -0.979. The number of ether oxygens (including phenoxy) is 2. The third-order valence-electron chi connectivity index (χ3n) is 3.32. The number of aryl methyl sites for hydroxylation is 1. The van der Waals surface area contributed by atoms with Crippen LogP contribution in [-0.2, 0) is 0 Å². The van der Waals surface area contributed by atoms with Gasteiger partial charge in [-0.2, -0.15) is 0 Å². The Hall–Kier alpha value is -1.78. The smallest absolute Gasteiger partial charge is 0.179 e. The van der Waals surface area contributed by atoms with Crippen LogP contribution in [0.5, 0.6) is 11.5 Å². The maximum atomic E-state index is 13.5. The molecular weight excluding hydrogens is 295 g/mol. The van der Waals surface area contributed by atoms with Crippen LogP contribution < -0.4 is 9.47 Å². The first-order valence-corrected chi connectivity index (χ1v) is 6.96. The second-order valence-electron chi connectivity index (χ2n) is 4.99. The standard InChI is InChI=1S/C16H14ClFO3/c1-9-4-10(6-12(18)5-9)15(19)11-7-13(17)16-14(8-11)20-2-3-21-16/h4-8,15,19H,2-3H2,1H3. The molecule has 5 heteroatoms. The average molecular weight is 309 g/mol. The maximum Gasteiger partial charge on any atom is 0.179 e. The summed E-state index contributed by atoms with van der Waals surface area (Å²) in [5.41, 5.74) is 1.75. The largest absolute Gasteiger partial charge is 0.486 e. The lowest BCUT2D eigenvalue weighted by atomic mass is 9.99. The van der Waals surface area contributed by atoms with Crippen molar-refractivity contribution in [3.8, 4) is 11.5 Å². The van der Waals surface area contributed by atoms with Crippen molar-refractivity contribution in [1.29, 1.82) is 0 Å². The van der Waals surface area contributed by atoms with Crippen molar-refractivity contribution in [2.75, 3.05) is 13.2 Å². The van der Waals surface area contributed by atoms with E-state index >= 15 is 0 Å². The second-order valence-corrected chi connectivity index (χ2v) is 5.40. The number of hydrogen-bond acceptors (Lipinski definition) is 3. The number of aliphatic hydroxyl groups is 1. The Morgan fingerprint density at radius 1 is 1.10 bits per heavy atom. The fraction of sp³-hybridized carbons (Fsp3) is 0.250. The zero-order valence-corrected chi connectivity index (χ0v) is 12.2. The monoisotopic (exact) mass is 308 g/mol. The van der Waals surface area contributed by atoms with Crippen molar-refractivity contribution in [2.45, 2.75) is 13.0 Å². The molecular formula is C16H14ClFO3. The van der Waals surface area contributed by atoms with Crippen LogP contribution in [0.4, 0.5) is 4.39 Å². The van der Waals surface area contributed by atoms with Gasteiger partial charge in [0.25, 0.3) is 0 Å². The van der Waals surface area contributed by atoms with Gasteiger partial charge in [-0.15, -0.1) is 0 Å². The highest BCUT2D eigenvalue weighted by atomic mass is 35.5. The van der Waals surface area contributed by atoms with Crippen molar-refractivity contribution < 1.29 is 19.0 Å². The van der Waals surface area contributed by atoms with E-state index in [2.05, 4.69) is 0 Å². The predicted octanol–water partition coefficient (Wildman–Crippen LogP) is 3.64. The predicted molar refractivity (Wildman–Crippen MR) is 77.6 cm³/mol. The molecule has 1 aliphatic rings. The fourth-order valence-corrected chi connectivity index (χ4v) is 2.68. The van der Waals surface area contributed by atoms with E-state index in [4.69, 9.17) is 21.1 Å². The van der Waals surface area contributed by atoms with Gasteiger partial charge in [0.15, 0.2) is 11.5 Å². The minimum absolute atomic E-state index is 0.370. The molecule has 3 nitrogen and oxygen atoms in total. The minimum Gasteiger partial charge on any atom is -0.486 e. The van der Waals surface area contributed by atoms with Crippen LogP contribution >= 0.6 is 11.6 Å². The summed E-state index contributed by atoms with van der Waals surface area (Å²) in [4.78, 5) is 0. The number of hydrogen-bond donors (Lipinski definition) is 1. The number of fused-ring (bicyclic) bond motifs is 1. The highest BCUT2D eigenvalue weighted by molar-refractivity contribution is 6.32. The van der Waals surface area contributed by atoms with Crippen molar-refractivity contribution in [3.63, 3.8) is 0 Å². The van der Waals surface area contributed by atoms with Gasteiger partial charge >= 0.3 is 0 Å². The molecule has 0 spiro atoms. The minimum atomic E-state index is -0.979. The molecule has 1 aliphatic heterocycles. The third-order valence-corrected chi connectivity index (χ3v) is 3.60. The van der Waals surface area contributed by atoms with Crippen LogP contribution in [0.25, 0.3) is 0 Å². The Bertz CT molecular complexity index is 667. The number of aliphatic hydroxyl groups excluding tert-OH is 1. The van der Waals surface area contributed by atoms with Gasteiger partial charge in [0.2, 0.25) is 0 Å². The normalized spacial score (nSPS) is 14.9. The first-order chi connectivity index (χ1) is 10.0. The van der Waals surface area contributed by atoms with Gasteiger partial charge in [-0.05, 0) is 47.9 Å². The molecule has 0 saturated carbocycles. The van der Waals surface area contributed by atoms with E-state index in [9.17, 15) is 9.50 Å². The molecule has 21 heavy (non-hydrogen) atoms. The first kappa shape index (κ1) is 14.2. The molecule has 0 aromatic heterocycles. The molecule has 110 valence electrons. The van der Waals surface area contributed by atoms with Crippen molar-refractivity contribution >= 4 is 11.6 Å². The highest BCUT2D eigenvalue weighted by Gasteiger charge is 2.20. The van der Waals surface area contributed by atoms with Gasteiger partial charge in [-0.25, -0.2) is 4.39 Å². The molecule has 1 unspecified atom stereocenters. The topological polar surface area (TPSA) is 38.7 Å². The molecule has 0 saturated heterocycles. The number of rotatable bonds is 2. The van der Waals surface area contributed by atoms with Crippen LogP contribution in [0.2, 0.25) is 5.02 Å². The van der Waals surface area contributed by atoms with E-state index in [-0.39, 0.29) is 5.82 Å². The van der Waals surface area contributed by atoms with E-state index in [1.54, 1.807) is 25.1 Å². The maximum absolute atomic E-state index is 13.5. The van der Waals surface area contributed by atoms with E-state index < -0.39 is 6.10 Å². The van der Waals surface area contributed by atoms with Gasteiger partial charge in [0.1, 0.15) is 25.1 Å². The Morgan fingerprint density at radius 2 is 1.81 bits per heavy atom. The lowest BCUT2D eigenvalue weighted by Gasteiger charge is -2.21. The lowest BCUT2D eigenvalue weighted by Crippen LogP contribution is -2.16. The van der Waals surface area contributed by atoms with Gasteiger partial charge in [-0.1, -0.05) is 17.7 Å². The van der Waals surface area contributed by atoms with Crippen LogP contribution in [0.3, 0.4) is 0 Å². The first-order valence-electron chi connectivity index (χ1n) is 6.59. The molecule has 3 rings (SSSR count). The van der Waals surface area contributed by atoms with Gasteiger partial charge in [0, 0.05) is 0 Å². The molecule has 0 amide bonds. The molecule has 1 heterocycles. The quantitative estimate of drug-likeness (QED) is 0.920. The zero-order valence-electron chi connectivity index (χ0n) is 11.4. The molecule has 2 aromatic rings. The molecule has 0 aliphatic carbocycles. The summed E-state index contributed by atoms with van der Waals surface area (Å²) in [6, 6.07) is 7.74. The Morgan fingerprint density at radius 3 is 2.57 bits per heavy atom. The van der Waals surface area contributed by atoms with E-state index in [1.807, 2.05) is 0 Å². The van der Waals surface area contributed by atoms with E-state index in [0.717, 1.165) is 5.56 Å². The van der Waals surface area contributed by atoms with Crippen molar-refractivity contribution in [3.05, 3.63) is 57.9 Å². The number of halogens is 2. The van der Waals surface area contributed by atoms with Gasteiger partial charge in [-0.3, -0.25) is 0 Å².